The van der Waals surface area contributed by atoms with E-state index in [1.165, 1.54) is 57.7 Å². The summed E-state index contributed by atoms with van der Waals surface area (Å²) < 4.78 is 40.3. The molecule has 9 heteroatoms. The van der Waals surface area contributed by atoms with Crippen LogP contribution in [0.5, 0.6) is 5.75 Å². The van der Waals surface area contributed by atoms with Gasteiger partial charge in [-0.2, -0.15) is 0 Å². The Hall–Kier alpha value is -2.91. The molecule has 198 valence electrons. The second-order valence-corrected chi connectivity index (χ2v) is 12.7. The molecule has 2 aromatic rings. The fourth-order valence-corrected chi connectivity index (χ4v) is 8.74. The Labute approximate surface area is 218 Å². The first-order chi connectivity index (χ1) is 17.6. The minimum absolute atomic E-state index is 0.00526. The Bertz CT molecular complexity index is 1290. The zero-order chi connectivity index (χ0) is 26.4. The second kappa shape index (κ2) is 9.76. The van der Waals surface area contributed by atoms with Crippen molar-refractivity contribution in [2.75, 3.05) is 19.5 Å². The summed E-state index contributed by atoms with van der Waals surface area (Å²) in [5.41, 5.74) is 0.837. The van der Waals surface area contributed by atoms with Crippen molar-refractivity contribution in [3.63, 3.8) is 0 Å². The van der Waals surface area contributed by atoms with E-state index in [0.717, 1.165) is 19.3 Å². The van der Waals surface area contributed by atoms with E-state index in [9.17, 15) is 18.0 Å². The SMILES string of the molecule is COC(=O)c1cccc(NC(=O)c2ccc(OC)c(S(=O)(=O)N[C@@H](C)C34CC5CC(CC(C5)C3)C4)c2)c1. The van der Waals surface area contributed by atoms with E-state index in [1.54, 1.807) is 18.2 Å². The van der Waals surface area contributed by atoms with Gasteiger partial charge in [-0.25, -0.2) is 17.9 Å². The highest BCUT2D eigenvalue weighted by molar-refractivity contribution is 7.89. The van der Waals surface area contributed by atoms with Gasteiger partial charge in [-0.15, -0.1) is 0 Å². The van der Waals surface area contributed by atoms with Crippen LogP contribution in [0, 0.1) is 23.2 Å². The maximum atomic E-state index is 13.6. The van der Waals surface area contributed by atoms with Gasteiger partial charge in [0.1, 0.15) is 10.6 Å². The average molecular weight is 527 g/mol. The number of nitrogens with one attached hydrogen (secondary N) is 2. The van der Waals surface area contributed by atoms with Crippen LogP contribution < -0.4 is 14.8 Å². The monoisotopic (exact) mass is 526 g/mol. The molecule has 0 saturated heterocycles. The van der Waals surface area contributed by atoms with Gasteiger partial charge >= 0.3 is 5.97 Å². The van der Waals surface area contributed by atoms with Crippen LogP contribution in [-0.2, 0) is 14.8 Å². The molecule has 1 amide bonds. The van der Waals surface area contributed by atoms with E-state index in [4.69, 9.17) is 9.47 Å². The van der Waals surface area contributed by atoms with Gasteiger partial charge in [-0.05, 0) is 105 Å². The molecule has 0 aromatic heterocycles. The minimum atomic E-state index is -3.96. The lowest BCUT2D eigenvalue weighted by molar-refractivity contribution is -0.0666. The predicted octanol–water partition coefficient (Wildman–Crippen LogP) is 4.62. The number of carbonyl (C=O) groups excluding carboxylic acids is 2. The van der Waals surface area contributed by atoms with E-state index in [0.29, 0.717) is 29.0 Å². The van der Waals surface area contributed by atoms with Gasteiger partial charge in [0.2, 0.25) is 10.0 Å². The number of methoxy groups -OCH3 is 2. The largest absolute Gasteiger partial charge is 0.495 e. The van der Waals surface area contributed by atoms with Crippen molar-refractivity contribution in [3.8, 4) is 5.75 Å². The fraction of sp³-hybridized carbons (Fsp3) is 0.500. The summed E-state index contributed by atoms with van der Waals surface area (Å²) in [5.74, 6) is 1.27. The fourth-order valence-electron chi connectivity index (χ4n) is 7.20. The molecule has 0 heterocycles. The maximum absolute atomic E-state index is 13.6. The van der Waals surface area contributed by atoms with E-state index in [-0.39, 0.29) is 27.7 Å². The van der Waals surface area contributed by atoms with Crippen molar-refractivity contribution in [3.05, 3.63) is 53.6 Å². The van der Waals surface area contributed by atoms with Crippen LogP contribution in [0.1, 0.15) is 66.2 Å². The number of sulfonamides is 1. The molecule has 37 heavy (non-hydrogen) atoms. The normalized spacial score (nSPS) is 26.9. The lowest BCUT2D eigenvalue weighted by atomic mass is 9.48. The van der Waals surface area contributed by atoms with E-state index in [1.807, 2.05) is 6.92 Å². The number of carbonyl (C=O) groups is 2. The molecule has 2 N–H and O–H groups in total. The Morgan fingerprint density at radius 2 is 1.59 bits per heavy atom. The van der Waals surface area contributed by atoms with Crippen molar-refractivity contribution < 1.29 is 27.5 Å². The molecule has 4 aliphatic rings. The van der Waals surface area contributed by atoms with Gasteiger partial charge in [0.25, 0.3) is 5.91 Å². The van der Waals surface area contributed by atoms with Crippen LogP contribution in [0.25, 0.3) is 0 Å². The first-order valence-corrected chi connectivity index (χ1v) is 14.3. The number of hydrogen-bond acceptors (Lipinski definition) is 6. The van der Waals surface area contributed by atoms with Crippen molar-refractivity contribution in [2.45, 2.75) is 56.4 Å². The molecular formula is C28H34N2O6S. The van der Waals surface area contributed by atoms with Gasteiger partial charge in [0.05, 0.1) is 19.8 Å². The summed E-state index contributed by atoms with van der Waals surface area (Å²) in [4.78, 5) is 24.8. The van der Waals surface area contributed by atoms with Crippen molar-refractivity contribution in [1.82, 2.24) is 4.72 Å². The molecule has 2 aromatic carbocycles. The Kier molecular flexibility index (Phi) is 6.79. The van der Waals surface area contributed by atoms with E-state index in [2.05, 4.69) is 10.0 Å². The summed E-state index contributed by atoms with van der Waals surface area (Å²) in [6.07, 6.45) is 7.08. The topological polar surface area (TPSA) is 111 Å². The van der Waals surface area contributed by atoms with E-state index >= 15 is 0 Å². The van der Waals surface area contributed by atoms with Gasteiger partial charge in [-0.1, -0.05) is 6.07 Å². The molecule has 8 nitrogen and oxygen atoms in total. The number of ether oxygens (including phenoxy) is 2. The summed E-state index contributed by atoms with van der Waals surface area (Å²) >= 11 is 0. The minimum Gasteiger partial charge on any atom is -0.495 e. The highest BCUT2D eigenvalue weighted by atomic mass is 32.2. The van der Waals surface area contributed by atoms with Crippen molar-refractivity contribution in [2.24, 2.45) is 23.2 Å². The Morgan fingerprint density at radius 1 is 0.946 bits per heavy atom. The summed E-state index contributed by atoms with van der Waals surface area (Å²) in [6.45, 7) is 1.99. The smallest absolute Gasteiger partial charge is 0.337 e. The quantitative estimate of drug-likeness (QED) is 0.486. The van der Waals surface area contributed by atoms with Crippen molar-refractivity contribution >= 4 is 27.6 Å². The number of hydrogen-bond donors (Lipinski definition) is 2. The summed E-state index contributed by atoms with van der Waals surface area (Å²) in [5, 5.41) is 2.72. The number of benzene rings is 2. The first-order valence-electron chi connectivity index (χ1n) is 12.8. The second-order valence-electron chi connectivity index (χ2n) is 11.0. The molecule has 6 rings (SSSR count). The lowest BCUT2D eigenvalue weighted by Gasteiger charge is -2.59. The summed E-state index contributed by atoms with van der Waals surface area (Å²) in [6, 6.07) is 10.5. The third kappa shape index (κ3) is 4.99. The predicted molar refractivity (Wildman–Crippen MR) is 139 cm³/mol. The number of anilines is 1. The molecule has 4 saturated carbocycles. The lowest BCUT2D eigenvalue weighted by Crippen LogP contribution is -2.55. The molecular weight excluding hydrogens is 492 g/mol. The van der Waals surface area contributed by atoms with Gasteiger partial charge < -0.3 is 14.8 Å². The van der Waals surface area contributed by atoms with Crippen molar-refractivity contribution in [1.29, 1.82) is 0 Å². The van der Waals surface area contributed by atoms with Crippen LogP contribution in [0.2, 0.25) is 0 Å². The molecule has 0 aliphatic heterocycles. The van der Waals surface area contributed by atoms with Gasteiger partial charge in [0.15, 0.2) is 0 Å². The summed E-state index contributed by atoms with van der Waals surface area (Å²) in [7, 11) is -1.27. The van der Waals surface area contributed by atoms with Crippen LogP contribution >= 0.6 is 0 Å². The molecule has 0 spiro atoms. The van der Waals surface area contributed by atoms with E-state index < -0.39 is 21.9 Å². The van der Waals surface area contributed by atoms with Gasteiger partial charge in [-0.3, -0.25) is 4.79 Å². The molecule has 4 fully saturated rings. The van der Waals surface area contributed by atoms with Crippen LogP contribution in [0.4, 0.5) is 5.69 Å². The zero-order valence-corrected chi connectivity index (χ0v) is 22.3. The number of esters is 1. The molecule has 4 bridgehead atoms. The van der Waals surface area contributed by atoms with Crippen LogP contribution in [0.15, 0.2) is 47.4 Å². The molecule has 0 unspecified atom stereocenters. The standard InChI is InChI=1S/C28H34N2O6S/c1-17(28-14-18-9-19(15-28)11-20(10-18)16-28)30-37(33,34)25-13-21(7-8-24(25)35-2)26(31)29-23-6-4-5-22(12-23)27(32)36-3/h4-8,12-13,17-20,30H,9-11,14-16H2,1-3H3,(H,29,31)/t17-,18?,19?,20?,28?/m0/s1. The highest BCUT2D eigenvalue weighted by Gasteiger charge is 2.53. The molecule has 4 aliphatic carbocycles. The Balaban J connectivity index is 1.37. The van der Waals surface area contributed by atoms with Gasteiger partial charge in [0, 0.05) is 17.3 Å². The first kappa shape index (κ1) is 25.7. The van der Waals surface area contributed by atoms with Crippen LogP contribution in [-0.4, -0.2) is 40.6 Å². The maximum Gasteiger partial charge on any atom is 0.337 e. The van der Waals surface area contributed by atoms with Crippen LogP contribution in [0.3, 0.4) is 0 Å². The molecule has 1 atom stereocenters. The number of rotatable bonds is 8. The third-order valence-corrected chi connectivity index (χ3v) is 10.2. The highest BCUT2D eigenvalue weighted by Crippen LogP contribution is 2.61. The molecule has 0 radical (unpaired) electrons. The zero-order valence-electron chi connectivity index (χ0n) is 21.5. The Morgan fingerprint density at radius 3 is 2.19 bits per heavy atom. The number of amides is 1. The third-order valence-electron chi connectivity index (χ3n) is 8.59. The average Bonchev–Trinajstić information content (AvgIpc) is 2.87.